The molecule has 162 valence electrons. The van der Waals surface area contributed by atoms with Crippen LogP contribution >= 0.6 is 0 Å². The van der Waals surface area contributed by atoms with Gasteiger partial charge in [-0.05, 0) is 42.8 Å². The Balaban J connectivity index is 1.57. The van der Waals surface area contributed by atoms with Gasteiger partial charge in [0.15, 0.2) is 5.76 Å². The van der Waals surface area contributed by atoms with Crippen LogP contribution in [0.5, 0.6) is 17.2 Å². The summed E-state index contributed by atoms with van der Waals surface area (Å²) >= 11 is 0. The molecule has 3 aromatic rings. The molecule has 32 heavy (non-hydrogen) atoms. The Bertz CT molecular complexity index is 1150. The first-order valence-corrected chi connectivity index (χ1v) is 10.2. The quantitative estimate of drug-likeness (QED) is 0.388. The zero-order chi connectivity index (χ0) is 22.5. The van der Waals surface area contributed by atoms with E-state index in [1.165, 1.54) is 0 Å². The standard InChI is InChI=1S/C26H22O6/c1-3-30-26(28)25(18-7-5-4-6-8-18)31-20-13-14-21-22(16-20)32-23(24(21)27)15-17-9-11-19(29-2)12-10-17/h4-16,25H,3H2,1-2H3/t25-/m0/s1. The highest BCUT2D eigenvalue weighted by Gasteiger charge is 2.29. The number of hydrogen-bond acceptors (Lipinski definition) is 6. The molecule has 6 heteroatoms. The molecule has 0 N–H and O–H groups in total. The molecule has 3 aromatic carbocycles. The summed E-state index contributed by atoms with van der Waals surface area (Å²) in [6.07, 6.45) is 0.744. The number of benzene rings is 3. The molecule has 0 unspecified atom stereocenters. The third kappa shape index (κ3) is 4.49. The van der Waals surface area contributed by atoms with Gasteiger partial charge >= 0.3 is 5.97 Å². The number of esters is 1. The van der Waals surface area contributed by atoms with Crippen LogP contribution in [0.3, 0.4) is 0 Å². The van der Waals surface area contributed by atoms with Crippen LogP contribution in [0.15, 0.2) is 78.6 Å². The Hall–Kier alpha value is -4.06. The molecule has 4 rings (SSSR count). The molecule has 1 atom stereocenters. The second kappa shape index (κ2) is 9.39. The number of methoxy groups -OCH3 is 1. The minimum atomic E-state index is -0.930. The van der Waals surface area contributed by atoms with Crippen LogP contribution in [0.2, 0.25) is 0 Å². The number of hydrogen-bond donors (Lipinski definition) is 0. The van der Waals surface area contributed by atoms with E-state index >= 15 is 0 Å². The number of ether oxygens (including phenoxy) is 4. The molecule has 0 amide bonds. The van der Waals surface area contributed by atoms with Gasteiger partial charge in [-0.2, -0.15) is 0 Å². The van der Waals surface area contributed by atoms with Crippen LogP contribution < -0.4 is 14.2 Å². The summed E-state index contributed by atoms with van der Waals surface area (Å²) in [5.74, 6) is 1.01. The Morgan fingerprint density at radius 2 is 1.72 bits per heavy atom. The molecule has 0 saturated heterocycles. The maximum atomic E-state index is 12.7. The zero-order valence-electron chi connectivity index (χ0n) is 17.7. The minimum absolute atomic E-state index is 0.215. The number of rotatable bonds is 7. The highest BCUT2D eigenvalue weighted by molar-refractivity contribution is 6.14. The maximum absolute atomic E-state index is 12.7. The van der Waals surface area contributed by atoms with Gasteiger partial charge in [0.2, 0.25) is 11.9 Å². The summed E-state index contributed by atoms with van der Waals surface area (Å²) in [5, 5.41) is 0. The van der Waals surface area contributed by atoms with Crippen LogP contribution in [-0.4, -0.2) is 25.5 Å². The lowest BCUT2D eigenvalue weighted by molar-refractivity contribution is -0.151. The Morgan fingerprint density at radius 3 is 2.41 bits per heavy atom. The minimum Gasteiger partial charge on any atom is -0.497 e. The molecule has 0 radical (unpaired) electrons. The SMILES string of the molecule is CCOC(=O)[C@@H](Oc1ccc2c(c1)OC(=Cc1ccc(OC)cc1)C2=O)c1ccccc1. The predicted octanol–water partition coefficient (Wildman–Crippen LogP) is 4.99. The topological polar surface area (TPSA) is 71.1 Å². The Morgan fingerprint density at radius 1 is 1.00 bits per heavy atom. The van der Waals surface area contributed by atoms with E-state index in [2.05, 4.69) is 0 Å². The molecule has 0 spiro atoms. The van der Waals surface area contributed by atoms with Gasteiger partial charge in [0.1, 0.15) is 17.2 Å². The van der Waals surface area contributed by atoms with Crippen molar-refractivity contribution in [2.24, 2.45) is 0 Å². The smallest absolute Gasteiger partial charge is 0.352 e. The molecule has 0 aromatic heterocycles. The summed E-state index contributed by atoms with van der Waals surface area (Å²) in [6, 6.07) is 21.3. The first kappa shape index (κ1) is 21.2. The van der Waals surface area contributed by atoms with Crippen molar-refractivity contribution in [3.63, 3.8) is 0 Å². The van der Waals surface area contributed by atoms with Crippen molar-refractivity contribution >= 4 is 17.8 Å². The molecule has 1 aliphatic heterocycles. The van der Waals surface area contributed by atoms with E-state index in [4.69, 9.17) is 18.9 Å². The summed E-state index contributed by atoms with van der Waals surface area (Å²) in [6.45, 7) is 1.98. The first-order valence-electron chi connectivity index (χ1n) is 10.2. The summed E-state index contributed by atoms with van der Waals surface area (Å²) in [7, 11) is 1.59. The highest BCUT2D eigenvalue weighted by Crippen LogP contribution is 2.36. The van der Waals surface area contributed by atoms with Crippen molar-refractivity contribution in [2.45, 2.75) is 13.0 Å². The second-order valence-corrected chi connectivity index (χ2v) is 7.03. The average molecular weight is 430 g/mol. The molecule has 6 nitrogen and oxygen atoms in total. The van der Waals surface area contributed by atoms with E-state index in [0.29, 0.717) is 22.6 Å². The molecule has 0 aliphatic carbocycles. The van der Waals surface area contributed by atoms with Gasteiger partial charge < -0.3 is 18.9 Å². The van der Waals surface area contributed by atoms with E-state index in [0.717, 1.165) is 11.3 Å². The predicted molar refractivity (Wildman–Crippen MR) is 119 cm³/mol. The fourth-order valence-electron chi connectivity index (χ4n) is 3.33. The van der Waals surface area contributed by atoms with E-state index in [-0.39, 0.29) is 18.1 Å². The summed E-state index contributed by atoms with van der Waals surface area (Å²) in [4.78, 5) is 25.2. The van der Waals surface area contributed by atoms with Crippen LogP contribution in [0, 0.1) is 0 Å². The van der Waals surface area contributed by atoms with E-state index in [1.54, 1.807) is 50.4 Å². The van der Waals surface area contributed by atoms with Crippen molar-refractivity contribution in [3.8, 4) is 17.2 Å². The average Bonchev–Trinajstić information content (AvgIpc) is 3.13. The third-order valence-corrected chi connectivity index (χ3v) is 4.91. The lowest BCUT2D eigenvalue weighted by atomic mass is 10.1. The van der Waals surface area contributed by atoms with Crippen molar-refractivity contribution in [3.05, 3.63) is 95.2 Å². The van der Waals surface area contributed by atoms with Crippen molar-refractivity contribution in [1.82, 2.24) is 0 Å². The van der Waals surface area contributed by atoms with Crippen molar-refractivity contribution < 1.29 is 28.5 Å². The molecular weight excluding hydrogens is 408 g/mol. The number of allylic oxidation sites excluding steroid dienone is 1. The van der Waals surface area contributed by atoms with Crippen LogP contribution in [-0.2, 0) is 9.53 Å². The Labute approximate surface area is 186 Å². The normalized spacial score (nSPS) is 14.4. The molecule has 0 fully saturated rings. The van der Waals surface area contributed by atoms with Gasteiger partial charge in [0.25, 0.3) is 0 Å². The van der Waals surface area contributed by atoms with Crippen LogP contribution in [0.4, 0.5) is 0 Å². The largest absolute Gasteiger partial charge is 0.497 e. The van der Waals surface area contributed by atoms with Crippen LogP contribution in [0.1, 0.15) is 34.5 Å². The van der Waals surface area contributed by atoms with Gasteiger partial charge in [-0.15, -0.1) is 0 Å². The van der Waals surface area contributed by atoms with Gasteiger partial charge in [-0.1, -0.05) is 42.5 Å². The number of ketones is 1. The highest BCUT2D eigenvalue weighted by atomic mass is 16.6. The Kier molecular flexibility index (Phi) is 6.22. The summed E-state index contributed by atoms with van der Waals surface area (Å²) in [5.41, 5.74) is 1.91. The van der Waals surface area contributed by atoms with Gasteiger partial charge in [-0.3, -0.25) is 4.79 Å². The van der Waals surface area contributed by atoms with Crippen molar-refractivity contribution in [1.29, 1.82) is 0 Å². The fourth-order valence-corrected chi connectivity index (χ4v) is 3.33. The van der Waals surface area contributed by atoms with Gasteiger partial charge in [0.05, 0.1) is 19.3 Å². The molecule has 0 bridgehead atoms. The monoisotopic (exact) mass is 430 g/mol. The summed E-state index contributed by atoms with van der Waals surface area (Å²) < 4.78 is 22.1. The number of carbonyl (C=O) groups is 2. The van der Waals surface area contributed by atoms with Gasteiger partial charge in [-0.25, -0.2) is 4.79 Å². The lowest BCUT2D eigenvalue weighted by Crippen LogP contribution is -2.21. The van der Waals surface area contributed by atoms with E-state index < -0.39 is 12.1 Å². The second-order valence-electron chi connectivity index (χ2n) is 7.03. The molecular formula is C26H22O6. The number of carbonyl (C=O) groups excluding carboxylic acids is 2. The van der Waals surface area contributed by atoms with Gasteiger partial charge in [0, 0.05) is 11.6 Å². The first-order chi connectivity index (χ1) is 15.6. The maximum Gasteiger partial charge on any atom is 0.352 e. The van der Waals surface area contributed by atoms with Crippen molar-refractivity contribution in [2.75, 3.05) is 13.7 Å². The van der Waals surface area contributed by atoms with E-state index in [1.807, 2.05) is 42.5 Å². The molecule has 0 saturated carbocycles. The third-order valence-electron chi connectivity index (χ3n) is 4.91. The zero-order valence-corrected chi connectivity index (χ0v) is 17.7. The van der Waals surface area contributed by atoms with Crippen LogP contribution in [0.25, 0.3) is 6.08 Å². The van der Waals surface area contributed by atoms with E-state index in [9.17, 15) is 9.59 Å². The lowest BCUT2D eigenvalue weighted by Gasteiger charge is -2.18. The molecule has 1 heterocycles. The fraction of sp³-hybridized carbons (Fsp3) is 0.154. The molecule has 1 aliphatic rings. The number of fused-ring (bicyclic) bond motifs is 1. The number of Topliss-reactive ketones (excluding diaryl/α,β-unsaturated/α-hetero) is 1.